The van der Waals surface area contributed by atoms with Gasteiger partial charge in [0.05, 0.1) is 12.2 Å². The average Bonchev–Trinajstić information content (AvgIpc) is 3.06. The van der Waals surface area contributed by atoms with Crippen LogP contribution in [-0.2, 0) is 22.6 Å². The molecule has 4 heteroatoms. The number of nitrogens with zero attached hydrogens (tertiary/aromatic N) is 1. The molecule has 1 heterocycles. The van der Waals surface area contributed by atoms with E-state index in [0.717, 1.165) is 32.5 Å². The van der Waals surface area contributed by atoms with E-state index in [1.54, 1.807) is 0 Å². The van der Waals surface area contributed by atoms with Gasteiger partial charge in [-0.1, -0.05) is 36.4 Å². The molecule has 2 aliphatic rings. The molecule has 136 valence electrons. The van der Waals surface area contributed by atoms with E-state index in [2.05, 4.69) is 60.5 Å². The lowest BCUT2D eigenvalue weighted by Gasteiger charge is -2.35. The van der Waals surface area contributed by atoms with Crippen molar-refractivity contribution in [1.82, 2.24) is 10.2 Å². The van der Waals surface area contributed by atoms with Crippen LogP contribution in [0.1, 0.15) is 44.2 Å². The van der Waals surface area contributed by atoms with Gasteiger partial charge in [0, 0.05) is 32.6 Å². The molecule has 1 aromatic rings. The second kappa shape index (κ2) is 8.63. The Morgan fingerprint density at radius 1 is 1.20 bits per heavy atom. The molecule has 1 aliphatic heterocycles. The summed E-state index contributed by atoms with van der Waals surface area (Å²) in [7, 11) is 0. The zero-order valence-electron chi connectivity index (χ0n) is 15.4. The fourth-order valence-corrected chi connectivity index (χ4v) is 3.91. The van der Waals surface area contributed by atoms with Crippen LogP contribution in [0.15, 0.2) is 36.4 Å². The molecule has 0 aromatic heterocycles. The monoisotopic (exact) mass is 342 g/mol. The smallest absolute Gasteiger partial charge is 0.220 e. The number of hydrogen-bond acceptors (Lipinski definition) is 3. The number of nitrogens with one attached hydrogen (secondary N) is 1. The summed E-state index contributed by atoms with van der Waals surface area (Å²) in [5, 5.41) is 3.11. The summed E-state index contributed by atoms with van der Waals surface area (Å²) in [5.74, 6) is 0.575. The van der Waals surface area contributed by atoms with Gasteiger partial charge in [-0.15, -0.1) is 0 Å². The molecule has 25 heavy (non-hydrogen) atoms. The highest BCUT2D eigenvalue weighted by Gasteiger charge is 2.22. The van der Waals surface area contributed by atoms with Crippen LogP contribution in [0.3, 0.4) is 0 Å². The number of hydrogen-bond donors (Lipinski definition) is 1. The highest BCUT2D eigenvalue weighted by Crippen LogP contribution is 2.20. The predicted molar refractivity (Wildman–Crippen MR) is 100 cm³/mol. The van der Waals surface area contributed by atoms with Crippen LogP contribution in [0, 0.1) is 5.92 Å². The lowest BCUT2D eigenvalue weighted by molar-refractivity contribution is -0.121. The van der Waals surface area contributed by atoms with Crippen molar-refractivity contribution in [2.75, 3.05) is 13.1 Å². The zero-order chi connectivity index (χ0) is 17.6. The summed E-state index contributed by atoms with van der Waals surface area (Å²) in [5.41, 5.74) is 2.51. The van der Waals surface area contributed by atoms with Crippen molar-refractivity contribution in [3.63, 3.8) is 0 Å². The Morgan fingerprint density at radius 2 is 1.92 bits per heavy atom. The SMILES string of the molecule is C[C@H]1CN(Cc2ccccc2CNC(=O)C[C@H]2C=CCC2)C[C@H](C)O1. The van der Waals surface area contributed by atoms with E-state index >= 15 is 0 Å². The third kappa shape index (κ3) is 5.41. The second-order valence-electron chi connectivity index (χ2n) is 7.47. The zero-order valence-corrected chi connectivity index (χ0v) is 15.4. The van der Waals surface area contributed by atoms with E-state index in [9.17, 15) is 4.79 Å². The number of rotatable bonds is 6. The van der Waals surface area contributed by atoms with Crippen molar-refractivity contribution in [2.45, 2.75) is 58.4 Å². The van der Waals surface area contributed by atoms with Gasteiger partial charge >= 0.3 is 0 Å². The maximum atomic E-state index is 12.2. The maximum Gasteiger partial charge on any atom is 0.220 e. The second-order valence-corrected chi connectivity index (χ2v) is 7.47. The van der Waals surface area contributed by atoms with E-state index < -0.39 is 0 Å². The fraction of sp³-hybridized carbons (Fsp3) is 0.571. The highest BCUT2D eigenvalue weighted by molar-refractivity contribution is 5.76. The first-order valence-electron chi connectivity index (χ1n) is 9.48. The quantitative estimate of drug-likeness (QED) is 0.807. The van der Waals surface area contributed by atoms with Crippen molar-refractivity contribution >= 4 is 5.91 Å². The summed E-state index contributed by atoms with van der Waals surface area (Å²) in [6.45, 7) is 7.70. The molecule has 1 fully saturated rings. The highest BCUT2D eigenvalue weighted by atomic mass is 16.5. The molecular weight excluding hydrogens is 312 g/mol. The van der Waals surface area contributed by atoms with E-state index in [-0.39, 0.29) is 18.1 Å². The van der Waals surface area contributed by atoms with E-state index in [1.807, 2.05) is 0 Å². The molecule has 0 spiro atoms. The number of carbonyl (C=O) groups excluding carboxylic acids is 1. The summed E-state index contributed by atoms with van der Waals surface area (Å²) < 4.78 is 5.82. The lowest BCUT2D eigenvalue weighted by atomic mass is 10.0. The Balaban J connectivity index is 1.55. The third-order valence-corrected chi connectivity index (χ3v) is 5.04. The van der Waals surface area contributed by atoms with Crippen LogP contribution >= 0.6 is 0 Å². The van der Waals surface area contributed by atoms with Gasteiger partial charge in [-0.25, -0.2) is 0 Å². The number of ether oxygens (including phenoxy) is 1. The summed E-state index contributed by atoms with van der Waals surface area (Å²) in [6.07, 6.45) is 7.72. The first-order valence-corrected chi connectivity index (χ1v) is 9.48. The van der Waals surface area contributed by atoms with Gasteiger partial charge in [0.2, 0.25) is 5.91 Å². The minimum Gasteiger partial charge on any atom is -0.373 e. The molecule has 1 saturated heterocycles. The van der Waals surface area contributed by atoms with Crippen LogP contribution in [0.5, 0.6) is 0 Å². The summed E-state index contributed by atoms with van der Waals surface area (Å²) in [4.78, 5) is 14.6. The molecule has 3 atom stereocenters. The Bertz CT molecular complexity index is 604. The number of benzene rings is 1. The van der Waals surface area contributed by atoms with Gasteiger partial charge in [-0.2, -0.15) is 0 Å². The molecule has 3 rings (SSSR count). The van der Waals surface area contributed by atoms with Crippen molar-refractivity contribution in [2.24, 2.45) is 5.92 Å². The molecule has 1 aromatic carbocycles. The predicted octanol–water partition coefficient (Wildman–Crippen LogP) is 3.27. The van der Waals surface area contributed by atoms with Crippen LogP contribution < -0.4 is 5.32 Å². The molecule has 0 saturated carbocycles. The van der Waals surface area contributed by atoms with Gasteiger partial charge in [0.1, 0.15) is 0 Å². The van der Waals surface area contributed by atoms with Crippen LogP contribution in [0.2, 0.25) is 0 Å². The van der Waals surface area contributed by atoms with Crippen molar-refractivity contribution in [1.29, 1.82) is 0 Å². The average molecular weight is 342 g/mol. The molecule has 0 radical (unpaired) electrons. The van der Waals surface area contributed by atoms with E-state index in [1.165, 1.54) is 11.1 Å². The number of amides is 1. The molecule has 1 aliphatic carbocycles. The first kappa shape index (κ1) is 18.2. The summed E-state index contributed by atoms with van der Waals surface area (Å²) >= 11 is 0. The Labute approximate surface area is 151 Å². The van der Waals surface area contributed by atoms with Gasteiger partial charge in [0.25, 0.3) is 0 Å². The maximum absolute atomic E-state index is 12.2. The molecular formula is C21H30N2O2. The Morgan fingerprint density at radius 3 is 2.60 bits per heavy atom. The normalized spacial score (nSPS) is 26.7. The van der Waals surface area contributed by atoms with Crippen LogP contribution in [0.4, 0.5) is 0 Å². The van der Waals surface area contributed by atoms with Crippen molar-refractivity contribution < 1.29 is 9.53 Å². The van der Waals surface area contributed by atoms with Gasteiger partial charge in [0.15, 0.2) is 0 Å². The third-order valence-electron chi connectivity index (χ3n) is 5.04. The number of morpholine rings is 1. The van der Waals surface area contributed by atoms with Gasteiger partial charge in [-0.3, -0.25) is 9.69 Å². The molecule has 1 N–H and O–H groups in total. The van der Waals surface area contributed by atoms with Crippen LogP contribution in [0.25, 0.3) is 0 Å². The largest absolute Gasteiger partial charge is 0.373 e. The number of carbonyl (C=O) groups is 1. The van der Waals surface area contributed by atoms with Crippen molar-refractivity contribution in [3.8, 4) is 0 Å². The Hall–Kier alpha value is -1.65. The molecule has 0 unspecified atom stereocenters. The number of allylic oxidation sites excluding steroid dienone is 2. The van der Waals surface area contributed by atoms with Crippen molar-refractivity contribution in [3.05, 3.63) is 47.5 Å². The standard InChI is InChI=1S/C21H30N2O2/c1-16-13-23(14-17(2)25-16)15-20-10-6-5-9-19(20)12-22-21(24)11-18-7-3-4-8-18/h3,5-7,9-10,16-18H,4,8,11-15H2,1-2H3,(H,22,24)/t16-,17-,18-/m0/s1. The van der Waals surface area contributed by atoms with Gasteiger partial charge in [-0.05, 0) is 43.7 Å². The summed E-state index contributed by atoms with van der Waals surface area (Å²) in [6, 6.07) is 8.43. The molecule has 4 nitrogen and oxygen atoms in total. The van der Waals surface area contributed by atoms with Gasteiger partial charge < -0.3 is 10.1 Å². The first-order chi connectivity index (χ1) is 12.1. The minimum absolute atomic E-state index is 0.153. The fourth-order valence-electron chi connectivity index (χ4n) is 3.91. The molecule has 0 bridgehead atoms. The van der Waals surface area contributed by atoms with E-state index in [0.29, 0.717) is 18.9 Å². The lowest BCUT2D eigenvalue weighted by Crippen LogP contribution is -2.45. The molecule has 1 amide bonds. The Kier molecular flexibility index (Phi) is 6.27. The topological polar surface area (TPSA) is 41.6 Å². The minimum atomic E-state index is 0.153. The van der Waals surface area contributed by atoms with Crippen LogP contribution in [-0.4, -0.2) is 36.1 Å². The van der Waals surface area contributed by atoms with E-state index in [4.69, 9.17) is 4.74 Å².